The molecule has 1 aromatic carbocycles. The van der Waals surface area contributed by atoms with Crippen molar-refractivity contribution in [2.75, 3.05) is 0 Å². The van der Waals surface area contributed by atoms with Gasteiger partial charge in [0, 0.05) is 11.6 Å². The normalized spacial score (nSPS) is 10.6. The molecule has 0 N–H and O–H groups in total. The molecule has 6 heteroatoms. The van der Waals surface area contributed by atoms with E-state index < -0.39 is 11.3 Å². The average Bonchev–Trinajstić information content (AvgIpc) is 2.02. The summed E-state index contributed by atoms with van der Waals surface area (Å²) in [4.78, 5) is 9.74. The lowest BCUT2D eigenvalue weighted by Gasteiger charge is -2.06. The standard InChI is InChI=1S/C8H6BrF2NO2/c1-4-2-3-5(12(13)14)7(9)6(4)8(10)11/h2-3,8H,1H3. The van der Waals surface area contributed by atoms with Gasteiger partial charge in [0.1, 0.15) is 4.47 Å². The Bertz CT molecular complexity index is 382. The largest absolute Gasteiger partial charge is 0.284 e. The quantitative estimate of drug-likeness (QED) is 0.606. The maximum Gasteiger partial charge on any atom is 0.284 e. The molecule has 0 spiro atoms. The summed E-state index contributed by atoms with van der Waals surface area (Å²) in [5.41, 5.74) is -0.331. The average molecular weight is 266 g/mol. The molecule has 0 radical (unpaired) electrons. The first kappa shape index (κ1) is 11.0. The second-order valence-corrected chi connectivity index (χ2v) is 3.48. The predicted molar refractivity (Wildman–Crippen MR) is 50.5 cm³/mol. The minimum Gasteiger partial charge on any atom is -0.258 e. The van der Waals surface area contributed by atoms with E-state index in [4.69, 9.17) is 0 Å². The first-order valence-electron chi connectivity index (χ1n) is 3.66. The molecule has 3 nitrogen and oxygen atoms in total. The van der Waals surface area contributed by atoms with E-state index in [0.29, 0.717) is 5.56 Å². The van der Waals surface area contributed by atoms with Gasteiger partial charge in [-0.2, -0.15) is 0 Å². The van der Waals surface area contributed by atoms with Gasteiger partial charge in [-0.25, -0.2) is 8.78 Å². The Morgan fingerprint density at radius 3 is 2.50 bits per heavy atom. The molecule has 0 aliphatic heterocycles. The van der Waals surface area contributed by atoms with Gasteiger partial charge in [-0.3, -0.25) is 10.1 Å². The summed E-state index contributed by atoms with van der Waals surface area (Å²) in [5.74, 6) is 0. The minimum atomic E-state index is -2.72. The van der Waals surface area contributed by atoms with E-state index in [9.17, 15) is 18.9 Å². The number of benzene rings is 1. The van der Waals surface area contributed by atoms with Crippen molar-refractivity contribution in [1.82, 2.24) is 0 Å². The lowest BCUT2D eigenvalue weighted by atomic mass is 10.1. The van der Waals surface area contributed by atoms with Gasteiger partial charge in [0.05, 0.1) is 4.92 Å². The van der Waals surface area contributed by atoms with Crippen LogP contribution in [0.4, 0.5) is 14.5 Å². The molecule has 0 aliphatic carbocycles. The zero-order valence-electron chi connectivity index (χ0n) is 7.13. The van der Waals surface area contributed by atoms with Crippen molar-refractivity contribution in [3.05, 3.63) is 37.8 Å². The Kier molecular flexibility index (Phi) is 3.15. The van der Waals surface area contributed by atoms with Gasteiger partial charge < -0.3 is 0 Å². The van der Waals surface area contributed by atoms with Crippen LogP contribution < -0.4 is 0 Å². The van der Waals surface area contributed by atoms with Crippen LogP contribution in [-0.2, 0) is 0 Å². The first-order chi connectivity index (χ1) is 6.45. The van der Waals surface area contributed by atoms with E-state index in [1.807, 2.05) is 0 Å². The molecule has 0 aromatic heterocycles. The van der Waals surface area contributed by atoms with Crippen molar-refractivity contribution in [1.29, 1.82) is 0 Å². The second-order valence-electron chi connectivity index (χ2n) is 2.69. The fourth-order valence-corrected chi connectivity index (χ4v) is 1.85. The lowest BCUT2D eigenvalue weighted by molar-refractivity contribution is -0.385. The number of rotatable bonds is 2. The summed E-state index contributed by atoms with van der Waals surface area (Å²) in [5, 5.41) is 10.4. The van der Waals surface area contributed by atoms with E-state index in [1.54, 1.807) is 0 Å². The number of aryl methyl sites for hydroxylation is 1. The first-order valence-corrected chi connectivity index (χ1v) is 4.46. The summed E-state index contributed by atoms with van der Waals surface area (Å²) >= 11 is 2.81. The molecule has 0 fully saturated rings. The number of hydrogen-bond acceptors (Lipinski definition) is 2. The number of hydrogen-bond donors (Lipinski definition) is 0. The van der Waals surface area contributed by atoms with Crippen LogP contribution in [0.2, 0.25) is 0 Å². The number of nitro benzene ring substituents is 1. The molecule has 0 atom stereocenters. The highest BCUT2D eigenvalue weighted by Crippen LogP contribution is 2.36. The van der Waals surface area contributed by atoms with Crippen LogP contribution in [0.5, 0.6) is 0 Å². The molecule has 76 valence electrons. The Hall–Kier alpha value is -1.04. The number of halogens is 3. The maximum absolute atomic E-state index is 12.5. The van der Waals surface area contributed by atoms with Crippen LogP contribution in [0.3, 0.4) is 0 Å². The van der Waals surface area contributed by atoms with Crippen LogP contribution in [0.1, 0.15) is 17.6 Å². The highest BCUT2D eigenvalue weighted by Gasteiger charge is 2.22. The minimum absolute atomic E-state index is 0.141. The molecule has 0 bridgehead atoms. The zero-order valence-corrected chi connectivity index (χ0v) is 8.72. The highest BCUT2D eigenvalue weighted by atomic mass is 79.9. The molecular formula is C8H6BrF2NO2. The van der Waals surface area contributed by atoms with E-state index >= 15 is 0 Å². The zero-order chi connectivity index (χ0) is 10.9. The number of nitrogens with zero attached hydrogens (tertiary/aromatic N) is 1. The molecular weight excluding hydrogens is 260 g/mol. The van der Waals surface area contributed by atoms with Gasteiger partial charge in [-0.15, -0.1) is 0 Å². The predicted octanol–water partition coefficient (Wildman–Crippen LogP) is 3.60. The molecule has 1 aromatic rings. The molecule has 14 heavy (non-hydrogen) atoms. The van der Waals surface area contributed by atoms with Crippen molar-refractivity contribution in [3.8, 4) is 0 Å². The maximum atomic E-state index is 12.5. The van der Waals surface area contributed by atoms with E-state index in [2.05, 4.69) is 15.9 Å². The monoisotopic (exact) mass is 265 g/mol. The molecule has 0 amide bonds. The van der Waals surface area contributed by atoms with E-state index in [0.717, 1.165) is 0 Å². The van der Waals surface area contributed by atoms with Crippen molar-refractivity contribution in [3.63, 3.8) is 0 Å². The van der Waals surface area contributed by atoms with Crippen LogP contribution in [0.25, 0.3) is 0 Å². The smallest absolute Gasteiger partial charge is 0.258 e. The third kappa shape index (κ3) is 1.89. The SMILES string of the molecule is Cc1ccc([N+](=O)[O-])c(Br)c1C(F)F. The van der Waals surface area contributed by atoms with Crippen molar-refractivity contribution < 1.29 is 13.7 Å². The number of nitro groups is 1. The lowest BCUT2D eigenvalue weighted by Crippen LogP contribution is -1.97. The molecule has 0 unspecified atom stereocenters. The van der Waals surface area contributed by atoms with Crippen molar-refractivity contribution in [2.45, 2.75) is 13.3 Å². The summed E-state index contributed by atoms with van der Waals surface area (Å²) in [6.45, 7) is 1.48. The summed E-state index contributed by atoms with van der Waals surface area (Å²) in [6, 6.07) is 2.51. The van der Waals surface area contributed by atoms with Crippen LogP contribution in [0, 0.1) is 17.0 Å². The summed E-state index contributed by atoms with van der Waals surface area (Å²) < 4.78 is 24.8. The van der Waals surface area contributed by atoms with Gasteiger partial charge in [0.2, 0.25) is 0 Å². The fourth-order valence-electron chi connectivity index (χ4n) is 1.09. The third-order valence-corrected chi connectivity index (χ3v) is 2.63. The van der Waals surface area contributed by atoms with Crippen LogP contribution in [0.15, 0.2) is 16.6 Å². The highest BCUT2D eigenvalue weighted by molar-refractivity contribution is 9.10. The Labute approximate surface area is 87.0 Å². The van der Waals surface area contributed by atoms with Gasteiger partial charge in [0.25, 0.3) is 12.1 Å². The molecule has 0 aliphatic rings. The van der Waals surface area contributed by atoms with Crippen molar-refractivity contribution >= 4 is 21.6 Å². The summed E-state index contributed by atoms with van der Waals surface area (Å²) in [6.07, 6.45) is -2.72. The van der Waals surface area contributed by atoms with Gasteiger partial charge in [-0.05, 0) is 28.4 Å². The van der Waals surface area contributed by atoms with Crippen molar-refractivity contribution in [2.24, 2.45) is 0 Å². The van der Waals surface area contributed by atoms with E-state index in [1.165, 1.54) is 19.1 Å². The molecule has 0 heterocycles. The Morgan fingerprint density at radius 1 is 1.50 bits per heavy atom. The van der Waals surface area contributed by atoms with Gasteiger partial charge in [-0.1, -0.05) is 6.07 Å². The van der Waals surface area contributed by atoms with E-state index in [-0.39, 0.29) is 15.7 Å². The fraction of sp³-hybridized carbons (Fsp3) is 0.250. The Balaban J connectivity index is 3.41. The van der Waals surface area contributed by atoms with Crippen LogP contribution >= 0.6 is 15.9 Å². The molecule has 1 rings (SSSR count). The second kappa shape index (κ2) is 4.00. The molecule has 0 saturated heterocycles. The number of alkyl halides is 2. The molecule has 0 saturated carbocycles. The Morgan fingerprint density at radius 2 is 2.07 bits per heavy atom. The van der Waals surface area contributed by atoms with Gasteiger partial charge in [0.15, 0.2) is 0 Å². The van der Waals surface area contributed by atoms with Crippen LogP contribution in [-0.4, -0.2) is 4.92 Å². The van der Waals surface area contributed by atoms with Gasteiger partial charge >= 0.3 is 0 Å². The summed E-state index contributed by atoms with van der Waals surface area (Å²) in [7, 11) is 0. The third-order valence-electron chi connectivity index (χ3n) is 1.79. The topological polar surface area (TPSA) is 43.1 Å².